The minimum Gasteiger partial charge on any atom is -0.477 e. The molecule has 0 aliphatic rings. The smallest absolute Gasteiger partial charge is 0.191 e. The van der Waals surface area contributed by atoms with E-state index in [1.54, 1.807) is 0 Å². The summed E-state index contributed by atoms with van der Waals surface area (Å²) in [4.78, 5) is 3.15. The fourth-order valence-corrected chi connectivity index (χ4v) is 1.89. The molecule has 0 saturated carbocycles. The second-order valence-electron chi connectivity index (χ2n) is 4.78. The average Bonchev–Trinajstić information content (AvgIpc) is 2.61. The third-order valence-electron chi connectivity index (χ3n) is 2.19. The lowest BCUT2D eigenvalue weighted by molar-refractivity contribution is 0.123. The van der Waals surface area contributed by atoms with Gasteiger partial charge < -0.3 is 9.72 Å². The first-order valence-corrected chi connectivity index (χ1v) is 5.67. The summed E-state index contributed by atoms with van der Waals surface area (Å²) >= 11 is 5.27. The highest BCUT2D eigenvalue weighted by molar-refractivity contribution is 7.80. The molecule has 0 aliphatic carbocycles. The molecular weight excluding hydrogens is 218 g/mol. The lowest BCUT2D eigenvalue weighted by atomic mass is 10.1. The fraction of sp³-hybridized carbons (Fsp3) is 0.308. The monoisotopic (exact) mass is 233 g/mol. The van der Waals surface area contributed by atoms with Crippen molar-refractivity contribution in [2.75, 3.05) is 0 Å². The Kier molecular flexibility index (Phi) is 2.72. The molecule has 0 aliphatic heterocycles. The highest BCUT2D eigenvalue weighted by Crippen LogP contribution is 2.18. The largest absolute Gasteiger partial charge is 0.477 e. The standard InChI is InChI=1S/C13H15NOS/c1-13(2,3)15-12(16)10-4-5-11-9(8-10)6-7-14-11/h4-8,14H,1-3H3. The molecule has 16 heavy (non-hydrogen) atoms. The molecule has 2 rings (SSSR count). The first kappa shape index (κ1) is 11.1. The first-order chi connectivity index (χ1) is 7.46. The van der Waals surface area contributed by atoms with Crippen molar-refractivity contribution in [1.82, 2.24) is 4.98 Å². The molecular formula is C13H15NOS. The van der Waals surface area contributed by atoms with Crippen LogP contribution in [-0.4, -0.2) is 15.6 Å². The summed E-state index contributed by atoms with van der Waals surface area (Å²) < 4.78 is 5.67. The second kappa shape index (κ2) is 3.91. The van der Waals surface area contributed by atoms with Crippen molar-refractivity contribution in [3.63, 3.8) is 0 Å². The van der Waals surface area contributed by atoms with E-state index in [0.717, 1.165) is 16.5 Å². The Labute approximate surface area is 101 Å². The van der Waals surface area contributed by atoms with E-state index in [-0.39, 0.29) is 5.60 Å². The molecule has 84 valence electrons. The Balaban J connectivity index is 2.29. The van der Waals surface area contributed by atoms with Gasteiger partial charge in [-0.1, -0.05) is 0 Å². The molecule has 0 spiro atoms. The Bertz CT molecular complexity index is 522. The summed E-state index contributed by atoms with van der Waals surface area (Å²) in [6, 6.07) is 8.06. The van der Waals surface area contributed by atoms with E-state index in [2.05, 4.69) is 4.98 Å². The van der Waals surface area contributed by atoms with Crippen LogP contribution in [0.1, 0.15) is 26.3 Å². The van der Waals surface area contributed by atoms with Gasteiger partial charge in [-0.3, -0.25) is 0 Å². The van der Waals surface area contributed by atoms with Crippen molar-refractivity contribution >= 4 is 28.2 Å². The fourth-order valence-electron chi connectivity index (χ4n) is 1.52. The van der Waals surface area contributed by atoms with Gasteiger partial charge in [0.1, 0.15) is 5.60 Å². The molecule has 1 heterocycles. The maximum atomic E-state index is 5.67. The van der Waals surface area contributed by atoms with E-state index in [1.165, 1.54) is 0 Å². The van der Waals surface area contributed by atoms with Gasteiger partial charge in [0.25, 0.3) is 0 Å². The predicted molar refractivity (Wildman–Crippen MR) is 70.8 cm³/mol. The van der Waals surface area contributed by atoms with E-state index >= 15 is 0 Å². The Morgan fingerprint density at radius 2 is 2.00 bits per heavy atom. The van der Waals surface area contributed by atoms with E-state index in [9.17, 15) is 0 Å². The van der Waals surface area contributed by atoms with E-state index in [1.807, 2.05) is 51.2 Å². The van der Waals surface area contributed by atoms with Crippen molar-refractivity contribution in [1.29, 1.82) is 0 Å². The highest BCUT2D eigenvalue weighted by atomic mass is 32.1. The summed E-state index contributed by atoms with van der Waals surface area (Å²) in [6.45, 7) is 5.98. The summed E-state index contributed by atoms with van der Waals surface area (Å²) in [6.07, 6.45) is 1.92. The van der Waals surface area contributed by atoms with Gasteiger partial charge in [0.2, 0.25) is 0 Å². The van der Waals surface area contributed by atoms with Crippen LogP contribution in [0.4, 0.5) is 0 Å². The lowest BCUT2D eigenvalue weighted by Gasteiger charge is -2.21. The predicted octanol–water partition coefficient (Wildman–Crippen LogP) is 3.66. The first-order valence-electron chi connectivity index (χ1n) is 5.26. The maximum Gasteiger partial charge on any atom is 0.191 e. The zero-order valence-electron chi connectivity index (χ0n) is 9.70. The molecule has 0 amide bonds. The SMILES string of the molecule is CC(C)(C)OC(=S)c1ccc2[nH]ccc2c1. The van der Waals surface area contributed by atoms with Crippen LogP contribution in [0, 0.1) is 0 Å². The van der Waals surface area contributed by atoms with Crippen molar-refractivity contribution in [3.05, 3.63) is 36.0 Å². The van der Waals surface area contributed by atoms with Crippen LogP contribution >= 0.6 is 12.2 Å². The molecule has 3 heteroatoms. The molecule has 0 fully saturated rings. The van der Waals surface area contributed by atoms with E-state index in [0.29, 0.717) is 5.05 Å². The summed E-state index contributed by atoms with van der Waals surface area (Å²) in [5.41, 5.74) is 1.82. The third-order valence-corrected chi connectivity index (χ3v) is 2.51. The van der Waals surface area contributed by atoms with Crippen LogP contribution in [0.25, 0.3) is 10.9 Å². The quantitative estimate of drug-likeness (QED) is 0.760. The van der Waals surface area contributed by atoms with Gasteiger partial charge in [-0.05, 0) is 57.3 Å². The van der Waals surface area contributed by atoms with Crippen LogP contribution in [0.15, 0.2) is 30.5 Å². The van der Waals surface area contributed by atoms with Crippen molar-refractivity contribution in [2.45, 2.75) is 26.4 Å². The molecule has 2 nitrogen and oxygen atoms in total. The van der Waals surface area contributed by atoms with Gasteiger partial charge in [-0.25, -0.2) is 0 Å². The van der Waals surface area contributed by atoms with Gasteiger partial charge in [0.05, 0.1) is 0 Å². The van der Waals surface area contributed by atoms with Crippen LogP contribution in [-0.2, 0) is 4.74 Å². The molecule has 0 bridgehead atoms. The van der Waals surface area contributed by atoms with Crippen molar-refractivity contribution in [3.8, 4) is 0 Å². The number of rotatable bonds is 1. The number of aromatic amines is 1. The van der Waals surface area contributed by atoms with Gasteiger partial charge in [0.15, 0.2) is 5.05 Å². The Morgan fingerprint density at radius 1 is 1.25 bits per heavy atom. The zero-order valence-corrected chi connectivity index (χ0v) is 10.5. The number of aromatic nitrogens is 1. The van der Waals surface area contributed by atoms with Crippen LogP contribution in [0.5, 0.6) is 0 Å². The van der Waals surface area contributed by atoms with Crippen LogP contribution < -0.4 is 0 Å². The second-order valence-corrected chi connectivity index (χ2v) is 5.15. The number of ether oxygens (including phenoxy) is 1. The Hall–Kier alpha value is -1.35. The number of thiocarbonyl (C=S) groups is 1. The molecule has 1 aromatic heterocycles. The number of fused-ring (bicyclic) bond motifs is 1. The highest BCUT2D eigenvalue weighted by Gasteiger charge is 2.15. The molecule has 0 unspecified atom stereocenters. The number of hydrogen-bond donors (Lipinski definition) is 1. The van der Waals surface area contributed by atoms with E-state index in [4.69, 9.17) is 17.0 Å². The number of nitrogens with one attached hydrogen (secondary N) is 1. The van der Waals surface area contributed by atoms with Crippen LogP contribution in [0.3, 0.4) is 0 Å². The van der Waals surface area contributed by atoms with Crippen LogP contribution in [0.2, 0.25) is 0 Å². The van der Waals surface area contributed by atoms with Gasteiger partial charge in [-0.15, -0.1) is 0 Å². The number of H-pyrrole nitrogens is 1. The van der Waals surface area contributed by atoms with Gasteiger partial charge in [0, 0.05) is 22.7 Å². The minimum atomic E-state index is -0.246. The molecule has 2 aromatic rings. The zero-order chi connectivity index (χ0) is 11.8. The maximum absolute atomic E-state index is 5.67. The Morgan fingerprint density at radius 3 is 2.69 bits per heavy atom. The number of benzene rings is 1. The summed E-state index contributed by atoms with van der Waals surface area (Å²) in [5, 5.41) is 1.70. The summed E-state index contributed by atoms with van der Waals surface area (Å²) in [7, 11) is 0. The molecule has 0 radical (unpaired) electrons. The van der Waals surface area contributed by atoms with Gasteiger partial charge in [-0.2, -0.15) is 0 Å². The minimum absolute atomic E-state index is 0.246. The third kappa shape index (κ3) is 2.42. The van der Waals surface area contributed by atoms with E-state index < -0.39 is 0 Å². The topological polar surface area (TPSA) is 25.0 Å². The average molecular weight is 233 g/mol. The molecule has 1 aromatic carbocycles. The lowest BCUT2D eigenvalue weighted by Crippen LogP contribution is -2.23. The summed E-state index contributed by atoms with van der Waals surface area (Å²) in [5.74, 6) is 0. The van der Waals surface area contributed by atoms with Crippen molar-refractivity contribution < 1.29 is 4.74 Å². The number of hydrogen-bond acceptors (Lipinski definition) is 2. The molecule has 0 atom stereocenters. The van der Waals surface area contributed by atoms with Crippen molar-refractivity contribution in [2.24, 2.45) is 0 Å². The van der Waals surface area contributed by atoms with Gasteiger partial charge >= 0.3 is 0 Å². The normalized spacial score (nSPS) is 11.7. The molecule has 1 N–H and O–H groups in total. The molecule has 0 saturated heterocycles.